The summed E-state index contributed by atoms with van der Waals surface area (Å²) in [5, 5.41) is 4.22. The zero-order valence-corrected chi connectivity index (χ0v) is 13.0. The maximum absolute atomic E-state index is 12.7. The largest absolute Gasteiger partial charge is 0.267 e. The lowest BCUT2D eigenvalue weighted by molar-refractivity contribution is 0.587. The lowest BCUT2D eigenvalue weighted by Gasteiger charge is -2.06. The third-order valence-electron chi connectivity index (χ3n) is 3.89. The Morgan fingerprint density at radius 3 is 2.52 bits per heavy atom. The minimum absolute atomic E-state index is 0.326. The van der Waals surface area contributed by atoms with E-state index in [1.54, 1.807) is 35.9 Å². The van der Waals surface area contributed by atoms with Crippen LogP contribution < -0.4 is 0 Å². The molecule has 21 heavy (non-hydrogen) atoms. The van der Waals surface area contributed by atoms with Crippen LogP contribution in [0.4, 0.5) is 0 Å². The minimum atomic E-state index is -3.50. The highest BCUT2D eigenvalue weighted by Gasteiger charge is 2.25. The summed E-state index contributed by atoms with van der Waals surface area (Å²) in [4.78, 5) is 0.326. The quantitative estimate of drug-likeness (QED) is 0.566. The molecular formula is C16H13NO2S2. The minimum Gasteiger partial charge on any atom is -0.248 e. The van der Waals surface area contributed by atoms with Gasteiger partial charge in [0.1, 0.15) is 0 Å². The molecule has 0 bridgehead atoms. The maximum Gasteiger partial charge on any atom is 0.267 e. The van der Waals surface area contributed by atoms with Gasteiger partial charge in [0.2, 0.25) is 0 Å². The second-order valence-corrected chi connectivity index (χ2v) is 7.92. The van der Waals surface area contributed by atoms with Crippen molar-refractivity contribution in [2.24, 2.45) is 0 Å². The molecule has 3 nitrogen and oxygen atoms in total. The normalized spacial score (nSPS) is 13.2. The van der Waals surface area contributed by atoms with Crippen molar-refractivity contribution in [1.82, 2.24) is 3.97 Å². The average Bonchev–Trinajstić information content (AvgIpc) is 3.10. The van der Waals surface area contributed by atoms with Crippen LogP contribution in [0.1, 0.15) is 16.7 Å². The Labute approximate surface area is 127 Å². The van der Waals surface area contributed by atoms with Gasteiger partial charge in [0, 0.05) is 24.4 Å². The number of hydrogen-bond acceptors (Lipinski definition) is 3. The van der Waals surface area contributed by atoms with Gasteiger partial charge in [0.25, 0.3) is 10.0 Å². The van der Waals surface area contributed by atoms with Crippen LogP contribution in [0.25, 0.3) is 11.1 Å². The third-order valence-corrected chi connectivity index (χ3v) is 6.32. The number of aromatic nitrogens is 1. The number of rotatable bonds is 2. The van der Waals surface area contributed by atoms with Crippen LogP contribution in [0.15, 0.2) is 52.3 Å². The first-order chi connectivity index (χ1) is 10.1. The summed E-state index contributed by atoms with van der Waals surface area (Å²) in [6.07, 6.45) is 4.31. The molecule has 0 saturated carbocycles. The molecule has 0 radical (unpaired) electrons. The summed E-state index contributed by atoms with van der Waals surface area (Å²) < 4.78 is 26.7. The predicted octanol–water partition coefficient (Wildman–Crippen LogP) is 3.67. The first-order valence-electron chi connectivity index (χ1n) is 6.64. The Morgan fingerprint density at radius 2 is 1.76 bits per heavy atom. The molecule has 0 fully saturated rings. The van der Waals surface area contributed by atoms with Crippen molar-refractivity contribution in [3.8, 4) is 11.1 Å². The monoisotopic (exact) mass is 315 g/mol. The van der Waals surface area contributed by atoms with Crippen LogP contribution in [0.5, 0.6) is 0 Å². The maximum atomic E-state index is 12.7. The number of nitrogens with zero attached hydrogens (tertiary/aromatic N) is 1. The summed E-state index contributed by atoms with van der Waals surface area (Å²) in [6.45, 7) is 1.94. The van der Waals surface area contributed by atoms with E-state index in [1.807, 2.05) is 19.1 Å². The summed E-state index contributed by atoms with van der Waals surface area (Å²) in [7, 11) is -3.50. The first-order valence-corrected chi connectivity index (χ1v) is 9.02. The Balaban J connectivity index is 1.82. The fourth-order valence-corrected chi connectivity index (χ4v) is 4.82. The second-order valence-electron chi connectivity index (χ2n) is 5.33. The zero-order valence-electron chi connectivity index (χ0n) is 11.4. The molecule has 0 saturated heterocycles. The number of aryl methyl sites for hydroxylation is 1. The summed E-state index contributed by atoms with van der Waals surface area (Å²) in [5.74, 6) is 0. The number of hydrogen-bond donors (Lipinski definition) is 0. The molecule has 0 N–H and O–H groups in total. The predicted molar refractivity (Wildman–Crippen MR) is 84.3 cm³/mol. The van der Waals surface area contributed by atoms with Gasteiger partial charge in [0.05, 0.1) is 4.90 Å². The molecule has 106 valence electrons. The molecule has 1 aromatic carbocycles. The molecule has 5 heteroatoms. The standard InChI is InChI=1S/C16H13NO2S2/c1-11-2-4-14(5-3-11)21(18,19)17-7-12-6-13-9-20-10-16(13)15(12)8-17/h2-5,7-10H,6H2,1H3. The van der Waals surface area contributed by atoms with Crippen molar-refractivity contribution in [3.63, 3.8) is 0 Å². The number of benzene rings is 1. The van der Waals surface area contributed by atoms with Gasteiger partial charge in [-0.3, -0.25) is 0 Å². The van der Waals surface area contributed by atoms with Gasteiger partial charge in [0.15, 0.2) is 0 Å². The van der Waals surface area contributed by atoms with Gasteiger partial charge < -0.3 is 0 Å². The smallest absolute Gasteiger partial charge is 0.248 e. The van der Waals surface area contributed by atoms with E-state index < -0.39 is 10.0 Å². The Kier molecular flexibility index (Phi) is 2.65. The van der Waals surface area contributed by atoms with Gasteiger partial charge in [-0.15, -0.1) is 0 Å². The van der Waals surface area contributed by atoms with E-state index in [2.05, 4.69) is 10.8 Å². The molecule has 4 rings (SSSR count). The molecule has 0 unspecified atom stereocenters. The Morgan fingerprint density at radius 1 is 1.00 bits per heavy atom. The van der Waals surface area contributed by atoms with Gasteiger partial charge in [-0.25, -0.2) is 12.4 Å². The van der Waals surface area contributed by atoms with E-state index in [1.165, 1.54) is 15.1 Å². The van der Waals surface area contributed by atoms with Crippen LogP contribution in [0.3, 0.4) is 0 Å². The Bertz CT molecular complexity index is 931. The van der Waals surface area contributed by atoms with E-state index in [-0.39, 0.29) is 0 Å². The van der Waals surface area contributed by atoms with Crippen molar-refractivity contribution >= 4 is 21.4 Å². The zero-order chi connectivity index (χ0) is 14.6. The van der Waals surface area contributed by atoms with Gasteiger partial charge in [-0.1, -0.05) is 17.7 Å². The summed E-state index contributed by atoms with van der Waals surface area (Å²) in [6, 6.07) is 6.96. The molecule has 1 aliphatic rings. The van der Waals surface area contributed by atoms with Crippen molar-refractivity contribution in [1.29, 1.82) is 0 Å². The molecule has 3 aromatic rings. The fourth-order valence-electron chi connectivity index (χ4n) is 2.73. The highest BCUT2D eigenvalue weighted by Crippen LogP contribution is 2.40. The van der Waals surface area contributed by atoms with E-state index in [9.17, 15) is 8.42 Å². The molecule has 0 amide bonds. The molecule has 2 heterocycles. The summed E-state index contributed by atoms with van der Waals surface area (Å²) in [5.41, 5.74) is 5.65. The van der Waals surface area contributed by atoms with E-state index in [0.29, 0.717) is 4.90 Å². The fraction of sp³-hybridized carbons (Fsp3) is 0.125. The number of fused-ring (bicyclic) bond motifs is 3. The molecule has 0 spiro atoms. The van der Waals surface area contributed by atoms with E-state index >= 15 is 0 Å². The molecular weight excluding hydrogens is 302 g/mol. The topological polar surface area (TPSA) is 39.1 Å². The highest BCUT2D eigenvalue weighted by atomic mass is 32.2. The van der Waals surface area contributed by atoms with Crippen molar-refractivity contribution < 1.29 is 8.42 Å². The van der Waals surface area contributed by atoms with E-state index in [4.69, 9.17) is 0 Å². The van der Waals surface area contributed by atoms with Crippen LogP contribution >= 0.6 is 11.3 Å². The second kappa shape index (κ2) is 4.32. The van der Waals surface area contributed by atoms with Gasteiger partial charge in [-0.05, 0) is 46.5 Å². The SMILES string of the molecule is Cc1ccc(S(=O)(=O)n2cc3c(c2)-c2cscc2C3)cc1. The molecule has 2 aromatic heterocycles. The lowest BCUT2D eigenvalue weighted by atomic mass is 10.2. The Hall–Kier alpha value is -1.85. The van der Waals surface area contributed by atoms with E-state index in [0.717, 1.165) is 23.1 Å². The third kappa shape index (κ3) is 1.88. The van der Waals surface area contributed by atoms with Gasteiger partial charge >= 0.3 is 0 Å². The van der Waals surface area contributed by atoms with Crippen LogP contribution in [-0.2, 0) is 16.4 Å². The van der Waals surface area contributed by atoms with Gasteiger partial charge in [-0.2, -0.15) is 11.3 Å². The van der Waals surface area contributed by atoms with Crippen LogP contribution in [0, 0.1) is 6.92 Å². The average molecular weight is 315 g/mol. The molecule has 0 atom stereocenters. The summed E-state index contributed by atoms with van der Waals surface area (Å²) >= 11 is 1.66. The molecule has 0 aliphatic heterocycles. The van der Waals surface area contributed by atoms with Crippen molar-refractivity contribution in [3.05, 3.63) is 64.1 Å². The van der Waals surface area contributed by atoms with Crippen molar-refractivity contribution in [2.45, 2.75) is 18.2 Å². The van der Waals surface area contributed by atoms with Crippen LogP contribution in [0.2, 0.25) is 0 Å². The van der Waals surface area contributed by atoms with Crippen molar-refractivity contribution in [2.75, 3.05) is 0 Å². The lowest BCUT2D eigenvalue weighted by Crippen LogP contribution is -2.11. The molecule has 1 aliphatic carbocycles. The first kappa shape index (κ1) is 12.9. The highest BCUT2D eigenvalue weighted by molar-refractivity contribution is 7.90. The number of thiophene rings is 1. The van der Waals surface area contributed by atoms with Crippen LogP contribution in [-0.4, -0.2) is 12.4 Å².